The zero-order chi connectivity index (χ0) is 16.7. The fourth-order valence-electron chi connectivity index (χ4n) is 1.38. The predicted molar refractivity (Wildman–Crippen MR) is 79.8 cm³/mol. The number of rotatable bonds is 7. The first-order valence-electron chi connectivity index (χ1n) is 6.93. The Labute approximate surface area is 123 Å². The summed E-state index contributed by atoms with van der Waals surface area (Å²) in [6.07, 6.45) is 4.94. The lowest BCUT2D eigenvalue weighted by Crippen LogP contribution is -2.42. The summed E-state index contributed by atoms with van der Waals surface area (Å²) in [5.74, 6) is 0. The van der Waals surface area contributed by atoms with Crippen LogP contribution < -0.4 is 10.6 Å². The maximum Gasteiger partial charge on any atom is 0.262 e. The molecule has 0 atom stereocenters. The Morgan fingerprint density at radius 2 is 1.55 bits per heavy atom. The van der Waals surface area contributed by atoms with Crippen molar-refractivity contribution in [3.05, 3.63) is 0 Å². The number of quaternary nitrogens is 1. The Bertz CT molecular complexity index is 214. The van der Waals surface area contributed by atoms with E-state index in [-0.39, 0.29) is 0 Å². The molecule has 0 fully saturated rings. The van der Waals surface area contributed by atoms with Crippen molar-refractivity contribution in [2.24, 2.45) is 5.73 Å². The molecule has 0 unspecified atom stereocenters. The van der Waals surface area contributed by atoms with E-state index in [1.807, 2.05) is 0 Å². The van der Waals surface area contributed by atoms with Crippen LogP contribution in [0.1, 0.15) is 39.5 Å². The molecule has 20 heavy (non-hydrogen) atoms. The van der Waals surface area contributed by atoms with Crippen LogP contribution in [0.2, 0.25) is 0 Å². The largest absolute Gasteiger partial charge is 0.756 e. The minimum atomic E-state index is -4.89. The van der Waals surface area contributed by atoms with Gasteiger partial charge in [-0.3, -0.25) is 4.57 Å². The molecule has 0 aromatic rings. The molecular weight excluding hydrogens is 283 g/mol. The van der Waals surface area contributed by atoms with E-state index in [1.165, 1.54) is 25.7 Å². The summed E-state index contributed by atoms with van der Waals surface area (Å²) in [7, 11) is -0.612. The molecule has 5 N–H and O–H groups in total. The lowest BCUT2D eigenvalue weighted by molar-refractivity contribution is -0.890. The van der Waals surface area contributed by atoms with E-state index >= 15 is 0 Å². The van der Waals surface area contributed by atoms with Gasteiger partial charge < -0.3 is 30.0 Å². The van der Waals surface area contributed by atoms with Gasteiger partial charge >= 0.3 is 0 Å². The van der Waals surface area contributed by atoms with Gasteiger partial charge in [0.1, 0.15) is 6.54 Å². The van der Waals surface area contributed by atoms with Gasteiger partial charge in [-0.25, -0.2) is 0 Å². The molecule has 0 spiro atoms. The maximum atomic E-state index is 8.77. The van der Waals surface area contributed by atoms with Crippen molar-refractivity contribution in [3.8, 4) is 0 Å². The number of phosphoric acid groups is 1. The highest BCUT2D eigenvalue weighted by Gasteiger charge is 2.10. The average Bonchev–Trinajstić information content (AvgIpc) is 2.24. The van der Waals surface area contributed by atoms with Crippen molar-refractivity contribution in [1.82, 2.24) is 0 Å². The number of hydrogen-bond acceptors (Lipinski definition) is 4. The molecule has 0 saturated carbocycles. The molecule has 0 amide bonds. The summed E-state index contributed by atoms with van der Waals surface area (Å²) >= 11 is 0. The Hall–Kier alpha value is -0.0100. The molecule has 0 aromatic heterocycles. The normalized spacial score (nSPS) is 11.1. The highest BCUT2D eigenvalue weighted by Crippen LogP contribution is 2.18. The van der Waals surface area contributed by atoms with Gasteiger partial charge in [-0.2, -0.15) is 0 Å². The zero-order valence-corrected chi connectivity index (χ0v) is 14.2. The Morgan fingerprint density at radius 1 is 1.10 bits per heavy atom. The van der Waals surface area contributed by atoms with Gasteiger partial charge in [-0.15, -0.1) is 0 Å². The van der Waals surface area contributed by atoms with Crippen LogP contribution in [0.15, 0.2) is 0 Å². The highest BCUT2D eigenvalue weighted by atomic mass is 31.2. The van der Waals surface area contributed by atoms with Gasteiger partial charge in [-0.1, -0.05) is 26.7 Å². The molecule has 0 saturated heterocycles. The predicted octanol–water partition coefficient (Wildman–Crippen LogP) is 0.0398. The molecule has 8 heteroatoms. The van der Waals surface area contributed by atoms with Crippen LogP contribution in [0, 0.1) is 0 Å². The van der Waals surface area contributed by atoms with E-state index < -0.39 is 7.82 Å². The smallest absolute Gasteiger partial charge is 0.262 e. The third-order valence-electron chi connectivity index (χ3n) is 2.34. The molecule has 0 aliphatic carbocycles. The van der Waals surface area contributed by atoms with Crippen molar-refractivity contribution in [1.29, 1.82) is 0 Å². The van der Waals surface area contributed by atoms with E-state index in [0.29, 0.717) is 6.61 Å². The van der Waals surface area contributed by atoms with Gasteiger partial charge in [0, 0.05) is 0 Å². The highest BCUT2D eigenvalue weighted by molar-refractivity contribution is 7.43. The molecule has 0 aromatic carbocycles. The molecule has 0 rings (SSSR count). The number of hydrogen-bond donors (Lipinski definition) is 4. The van der Waals surface area contributed by atoms with E-state index in [2.05, 4.69) is 27.9 Å². The minimum absolute atomic E-state index is 0.299. The van der Waals surface area contributed by atoms with Gasteiger partial charge in [0.05, 0.1) is 27.2 Å². The van der Waals surface area contributed by atoms with Crippen LogP contribution in [0.4, 0.5) is 0 Å². The van der Waals surface area contributed by atoms with Gasteiger partial charge in [0.25, 0.3) is 7.82 Å². The molecule has 0 aliphatic heterocycles. The van der Waals surface area contributed by atoms with Crippen LogP contribution in [0.25, 0.3) is 0 Å². The minimum Gasteiger partial charge on any atom is -0.756 e. The quantitative estimate of drug-likeness (QED) is 0.298. The lowest BCUT2D eigenvalue weighted by atomic mass is 10.3. The fourth-order valence-corrected chi connectivity index (χ4v) is 1.38. The monoisotopic (exact) mass is 316 g/mol. The third-order valence-corrected chi connectivity index (χ3v) is 2.34. The average molecular weight is 316 g/mol. The Morgan fingerprint density at radius 3 is 1.75 bits per heavy atom. The van der Waals surface area contributed by atoms with E-state index in [0.717, 1.165) is 24.1 Å². The van der Waals surface area contributed by atoms with Crippen LogP contribution in [-0.4, -0.2) is 59.7 Å². The Kier molecular flexibility index (Phi) is 19.2. The number of unbranched alkanes of at least 4 members (excludes halogenated alkanes) is 2. The van der Waals surface area contributed by atoms with Crippen molar-refractivity contribution in [2.75, 3.05) is 40.3 Å². The van der Waals surface area contributed by atoms with Crippen LogP contribution in [0.5, 0.6) is 0 Å². The van der Waals surface area contributed by atoms with Crippen LogP contribution >= 0.6 is 7.82 Å². The van der Waals surface area contributed by atoms with Gasteiger partial charge in [-0.05, 0) is 19.4 Å². The van der Waals surface area contributed by atoms with E-state index in [4.69, 9.17) is 30.1 Å². The summed E-state index contributed by atoms with van der Waals surface area (Å²) in [6, 6.07) is 0. The number of nitrogens with zero attached hydrogens (tertiary/aromatic N) is 1. The van der Waals surface area contributed by atoms with Gasteiger partial charge in [0.2, 0.25) is 0 Å². The summed E-state index contributed by atoms with van der Waals surface area (Å²) in [5, 5.41) is 8.61. The second-order valence-electron chi connectivity index (χ2n) is 5.09. The van der Waals surface area contributed by atoms with Crippen molar-refractivity contribution in [2.45, 2.75) is 39.5 Å². The fraction of sp³-hybridized carbons (Fsp3) is 1.00. The molecule has 0 radical (unpaired) electrons. The topological polar surface area (TPSA) is 127 Å². The first-order chi connectivity index (χ1) is 9.04. The van der Waals surface area contributed by atoms with Crippen LogP contribution in [0.3, 0.4) is 0 Å². The maximum absolute atomic E-state index is 8.77. The van der Waals surface area contributed by atoms with Crippen molar-refractivity contribution < 1.29 is 28.8 Å². The summed E-state index contributed by atoms with van der Waals surface area (Å²) in [4.78, 5) is 22.9. The lowest BCUT2D eigenvalue weighted by Gasteiger charge is -2.28. The molecule has 7 nitrogen and oxygen atoms in total. The molecule has 0 aliphatic rings. The van der Waals surface area contributed by atoms with E-state index in [9.17, 15) is 0 Å². The zero-order valence-electron chi connectivity index (χ0n) is 13.3. The van der Waals surface area contributed by atoms with E-state index in [1.54, 1.807) is 0 Å². The summed E-state index contributed by atoms with van der Waals surface area (Å²) in [6.45, 7) is 7.52. The van der Waals surface area contributed by atoms with Crippen LogP contribution in [-0.2, 0) is 4.57 Å². The second kappa shape index (κ2) is 15.4. The number of aliphatic hydroxyl groups is 1. The standard InChI is InChI=1S/C7H18NO.C5H13N.H3O4P/c1-4-5-8(2,3)6-7-9;1-2-3-4-5-6;1-5(2,3)4/h9H,4-7H2,1-3H3;2-6H2,1H3;(H3,1,2,3,4)/q+1;;/p-1. The first kappa shape index (κ1) is 25.0. The summed E-state index contributed by atoms with van der Waals surface area (Å²) in [5.41, 5.74) is 5.21. The third kappa shape index (κ3) is 43.0. The first-order valence-corrected chi connectivity index (χ1v) is 8.46. The number of likely N-dealkylation sites (N-methyl/N-ethyl adjacent to an activating group) is 1. The van der Waals surface area contributed by atoms with Crippen molar-refractivity contribution in [3.63, 3.8) is 0 Å². The molecule has 126 valence electrons. The second-order valence-corrected chi connectivity index (χ2v) is 6.07. The Balaban J connectivity index is -0.000000230. The number of nitrogens with two attached hydrogens (primary N) is 1. The summed E-state index contributed by atoms with van der Waals surface area (Å²) < 4.78 is 9.71. The van der Waals surface area contributed by atoms with Gasteiger partial charge in [0.15, 0.2) is 0 Å². The molecule has 0 bridgehead atoms. The molecular formula is C12H33N2O5P. The SMILES string of the molecule is CCCCCN.CCC[N+](C)(C)CCO.O=P([O-])(O)O. The van der Waals surface area contributed by atoms with Crippen molar-refractivity contribution >= 4 is 7.82 Å². The number of aliphatic hydroxyl groups excluding tert-OH is 1. The molecule has 0 heterocycles.